The lowest BCUT2D eigenvalue weighted by Crippen LogP contribution is -2.19. The molecule has 0 spiro atoms. The van der Waals surface area contributed by atoms with Crippen LogP contribution < -0.4 is 16.4 Å². The zero-order chi connectivity index (χ0) is 15.2. The van der Waals surface area contributed by atoms with E-state index in [1.54, 1.807) is 24.3 Å². The number of primary amides is 1. The number of urea groups is 1. The zero-order valence-corrected chi connectivity index (χ0v) is 11.7. The van der Waals surface area contributed by atoms with Crippen molar-refractivity contribution in [2.75, 3.05) is 10.6 Å². The lowest BCUT2D eigenvalue weighted by Gasteiger charge is -2.08. The van der Waals surface area contributed by atoms with Gasteiger partial charge in [-0.25, -0.2) is 4.79 Å². The quantitative estimate of drug-likeness (QED) is 0.805. The Morgan fingerprint density at radius 1 is 0.905 bits per heavy atom. The van der Waals surface area contributed by atoms with Crippen molar-refractivity contribution >= 4 is 23.3 Å². The first-order chi connectivity index (χ1) is 10.1. The number of benzene rings is 2. The van der Waals surface area contributed by atoms with Crippen LogP contribution in [0, 0.1) is 0 Å². The zero-order valence-electron chi connectivity index (χ0n) is 11.7. The van der Waals surface area contributed by atoms with Crippen molar-refractivity contribution in [2.45, 2.75) is 13.3 Å². The summed E-state index contributed by atoms with van der Waals surface area (Å²) < 4.78 is 0. The van der Waals surface area contributed by atoms with Gasteiger partial charge in [0, 0.05) is 16.9 Å². The monoisotopic (exact) mass is 283 g/mol. The number of carbonyl (C=O) groups excluding carboxylic acids is 2. The molecule has 0 saturated carbocycles. The van der Waals surface area contributed by atoms with Crippen LogP contribution in [0.25, 0.3) is 0 Å². The number of amides is 3. The summed E-state index contributed by atoms with van der Waals surface area (Å²) in [5.74, 6) is -0.498. The number of nitrogens with one attached hydrogen (secondary N) is 2. The Morgan fingerprint density at radius 2 is 1.38 bits per heavy atom. The van der Waals surface area contributed by atoms with Crippen LogP contribution in [0.1, 0.15) is 22.8 Å². The summed E-state index contributed by atoms with van der Waals surface area (Å²) in [7, 11) is 0. The second-order valence-electron chi connectivity index (χ2n) is 4.57. The normalized spacial score (nSPS) is 9.95. The van der Waals surface area contributed by atoms with Gasteiger partial charge in [0.1, 0.15) is 0 Å². The molecule has 0 bridgehead atoms. The summed E-state index contributed by atoms with van der Waals surface area (Å²) in [6.07, 6.45) is 0.957. The number of carbonyl (C=O) groups is 2. The third-order valence-electron chi connectivity index (χ3n) is 3.05. The highest BCUT2D eigenvalue weighted by Gasteiger charge is 2.04. The molecule has 108 valence electrons. The van der Waals surface area contributed by atoms with Crippen LogP contribution >= 0.6 is 0 Å². The van der Waals surface area contributed by atoms with E-state index in [4.69, 9.17) is 5.73 Å². The van der Waals surface area contributed by atoms with E-state index in [0.29, 0.717) is 11.3 Å². The average molecular weight is 283 g/mol. The van der Waals surface area contributed by atoms with E-state index in [1.165, 1.54) is 5.56 Å². The Bertz CT molecular complexity index is 634. The Labute approximate surface area is 123 Å². The van der Waals surface area contributed by atoms with Gasteiger partial charge in [0.15, 0.2) is 0 Å². The largest absolute Gasteiger partial charge is 0.366 e. The minimum Gasteiger partial charge on any atom is -0.366 e. The maximum absolute atomic E-state index is 11.8. The van der Waals surface area contributed by atoms with Crippen molar-refractivity contribution in [1.29, 1.82) is 0 Å². The molecule has 3 amide bonds. The van der Waals surface area contributed by atoms with Gasteiger partial charge in [-0.2, -0.15) is 0 Å². The van der Waals surface area contributed by atoms with Gasteiger partial charge in [0.2, 0.25) is 5.91 Å². The van der Waals surface area contributed by atoms with Crippen molar-refractivity contribution in [3.05, 3.63) is 59.7 Å². The van der Waals surface area contributed by atoms with Gasteiger partial charge in [-0.1, -0.05) is 19.1 Å². The molecule has 0 aliphatic rings. The highest BCUT2D eigenvalue weighted by atomic mass is 16.2. The molecule has 0 unspecified atom stereocenters. The predicted molar refractivity (Wildman–Crippen MR) is 83.4 cm³/mol. The van der Waals surface area contributed by atoms with Gasteiger partial charge >= 0.3 is 6.03 Å². The molecule has 0 saturated heterocycles. The number of hydrogen-bond acceptors (Lipinski definition) is 2. The van der Waals surface area contributed by atoms with Crippen molar-refractivity contribution < 1.29 is 9.59 Å². The second-order valence-corrected chi connectivity index (χ2v) is 4.57. The van der Waals surface area contributed by atoms with Gasteiger partial charge in [-0.05, 0) is 48.4 Å². The van der Waals surface area contributed by atoms with Gasteiger partial charge in [0.25, 0.3) is 0 Å². The first kappa shape index (κ1) is 14.6. The second kappa shape index (κ2) is 6.56. The van der Waals surface area contributed by atoms with Crippen LogP contribution in [-0.2, 0) is 6.42 Å². The average Bonchev–Trinajstić information content (AvgIpc) is 2.48. The smallest absolute Gasteiger partial charge is 0.323 e. The first-order valence-corrected chi connectivity index (χ1v) is 6.65. The number of hydrogen-bond donors (Lipinski definition) is 3. The molecule has 0 radical (unpaired) electrons. The van der Waals surface area contributed by atoms with E-state index in [1.807, 2.05) is 24.3 Å². The standard InChI is InChI=1S/C16H17N3O2/c1-2-11-3-7-13(8-4-11)18-16(21)19-14-9-5-12(6-10-14)15(17)20/h3-10H,2H2,1H3,(H2,17,20)(H2,18,19,21). The maximum Gasteiger partial charge on any atom is 0.323 e. The highest BCUT2D eigenvalue weighted by molar-refractivity contribution is 6.00. The third-order valence-corrected chi connectivity index (χ3v) is 3.05. The molecule has 2 aromatic carbocycles. The molecule has 0 aromatic heterocycles. The minimum absolute atomic E-state index is 0.342. The number of nitrogens with two attached hydrogens (primary N) is 1. The van der Waals surface area contributed by atoms with E-state index in [0.717, 1.165) is 12.1 Å². The molecule has 5 nitrogen and oxygen atoms in total. The molecule has 5 heteroatoms. The molecule has 0 aliphatic carbocycles. The maximum atomic E-state index is 11.8. The Morgan fingerprint density at radius 3 is 1.81 bits per heavy atom. The van der Waals surface area contributed by atoms with Crippen LogP contribution in [0.3, 0.4) is 0 Å². The van der Waals surface area contributed by atoms with Crippen LogP contribution in [-0.4, -0.2) is 11.9 Å². The van der Waals surface area contributed by atoms with E-state index < -0.39 is 5.91 Å². The fourth-order valence-electron chi connectivity index (χ4n) is 1.84. The Hall–Kier alpha value is -2.82. The van der Waals surface area contributed by atoms with E-state index in [9.17, 15) is 9.59 Å². The molecule has 0 heterocycles. The van der Waals surface area contributed by atoms with Crippen molar-refractivity contribution in [3.8, 4) is 0 Å². The number of rotatable bonds is 4. The fourth-order valence-corrected chi connectivity index (χ4v) is 1.84. The summed E-state index contributed by atoms with van der Waals surface area (Å²) in [4.78, 5) is 22.8. The van der Waals surface area contributed by atoms with Gasteiger partial charge in [-0.3, -0.25) is 4.79 Å². The van der Waals surface area contributed by atoms with Crippen LogP contribution in [0.5, 0.6) is 0 Å². The Balaban J connectivity index is 1.95. The van der Waals surface area contributed by atoms with Crippen LogP contribution in [0.15, 0.2) is 48.5 Å². The molecule has 2 aromatic rings. The predicted octanol–water partition coefficient (Wildman–Crippen LogP) is 2.99. The molecule has 2 rings (SSSR count). The summed E-state index contributed by atoms with van der Waals surface area (Å²) in [6.45, 7) is 2.07. The van der Waals surface area contributed by atoms with E-state index in [2.05, 4.69) is 17.6 Å². The molecule has 0 fully saturated rings. The van der Waals surface area contributed by atoms with E-state index in [-0.39, 0.29) is 6.03 Å². The van der Waals surface area contributed by atoms with Gasteiger partial charge < -0.3 is 16.4 Å². The summed E-state index contributed by atoms with van der Waals surface area (Å²) in [6, 6.07) is 13.7. The SMILES string of the molecule is CCc1ccc(NC(=O)Nc2ccc(C(N)=O)cc2)cc1. The highest BCUT2D eigenvalue weighted by Crippen LogP contribution is 2.12. The number of anilines is 2. The molecule has 0 aliphatic heterocycles. The molecule has 0 atom stereocenters. The third kappa shape index (κ3) is 4.07. The van der Waals surface area contributed by atoms with Crippen molar-refractivity contribution in [2.24, 2.45) is 5.73 Å². The Kier molecular flexibility index (Phi) is 4.56. The summed E-state index contributed by atoms with van der Waals surface area (Å²) >= 11 is 0. The lowest BCUT2D eigenvalue weighted by atomic mass is 10.1. The lowest BCUT2D eigenvalue weighted by molar-refractivity contribution is 0.100. The number of aryl methyl sites for hydroxylation is 1. The molecular formula is C16H17N3O2. The van der Waals surface area contributed by atoms with Crippen LogP contribution in [0.2, 0.25) is 0 Å². The molecule has 21 heavy (non-hydrogen) atoms. The van der Waals surface area contributed by atoms with Crippen LogP contribution in [0.4, 0.5) is 16.2 Å². The summed E-state index contributed by atoms with van der Waals surface area (Å²) in [5.41, 5.74) is 8.07. The topological polar surface area (TPSA) is 84.2 Å². The fraction of sp³-hybridized carbons (Fsp3) is 0.125. The van der Waals surface area contributed by atoms with Crippen molar-refractivity contribution in [3.63, 3.8) is 0 Å². The van der Waals surface area contributed by atoms with Gasteiger partial charge in [0.05, 0.1) is 0 Å². The van der Waals surface area contributed by atoms with Gasteiger partial charge in [-0.15, -0.1) is 0 Å². The molecule has 4 N–H and O–H groups in total. The van der Waals surface area contributed by atoms with E-state index >= 15 is 0 Å². The van der Waals surface area contributed by atoms with Crippen molar-refractivity contribution in [1.82, 2.24) is 0 Å². The summed E-state index contributed by atoms with van der Waals surface area (Å²) in [5, 5.41) is 5.42. The molecular weight excluding hydrogens is 266 g/mol. The first-order valence-electron chi connectivity index (χ1n) is 6.65. The minimum atomic E-state index is -0.498.